The van der Waals surface area contributed by atoms with Crippen molar-refractivity contribution in [1.82, 2.24) is 5.32 Å². The standard InChI is InChI=1S/C11H17NO2/c1-9-6-12-11(8(13)14)5-7(9)3-4-10(9,11)2/h7,12H,3-6H2,1-2H3,(H,13,14)/t7-,9+,10+,11+/m1/s1. The van der Waals surface area contributed by atoms with E-state index in [9.17, 15) is 9.90 Å². The highest BCUT2D eigenvalue weighted by Crippen LogP contribution is 2.72. The second-order valence-corrected chi connectivity index (χ2v) is 5.75. The molecule has 1 saturated heterocycles. The van der Waals surface area contributed by atoms with Gasteiger partial charge in [0.2, 0.25) is 0 Å². The number of carboxylic acid groups (broad SMARTS) is 1. The van der Waals surface area contributed by atoms with Crippen LogP contribution >= 0.6 is 0 Å². The van der Waals surface area contributed by atoms with Gasteiger partial charge in [0.05, 0.1) is 0 Å². The number of hydrogen-bond acceptors (Lipinski definition) is 2. The van der Waals surface area contributed by atoms with Crippen LogP contribution in [-0.2, 0) is 4.79 Å². The first kappa shape index (κ1) is 8.72. The van der Waals surface area contributed by atoms with Crippen molar-refractivity contribution in [2.45, 2.75) is 38.6 Å². The van der Waals surface area contributed by atoms with Gasteiger partial charge in [0, 0.05) is 12.0 Å². The fraction of sp³-hybridized carbons (Fsp3) is 0.909. The van der Waals surface area contributed by atoms with Gasteiger partial charge in [-0.25, -0.2) is 0 Å². The van der Waals surface area contributed by atoms with Crippen LogP contribution in [0.5, 0.6) is 0 Å². The molecule has 0 unspecified atom stereocenters. The molecule has 3 heteroatoms. The van der Waals surface area contributed by atoms with Gasteiger partial charge >= 0.3 is 5.97 Å². The van der Waals surface area contributed by atoms with E-state index >= 15 is 0 Å². The molecule has 4 atom stereocenters. The summed E-state index contributed by atoms with van der Waals surface area (Å²) in [7, 11) is 0. The minimum absolute atomic E-state index is 0.0174. The maximum Gasteiger partial charge on any atom is 0.324 e. The summed E-state index contributed by atoms with van der Waals surface area (Å²) in [5, 5.41) is 12.7. The molecule has 0 amide bonds. The Morgan fingerprint density at radius 2 is 2.21 bits per heavy atom. The summed E-state index contributed by atoms with van der Waals surface area (Å²) in [4.78, 5) is 11.5. The Bertz CT molecular complexity index is 329. The van der Waals surface area contributed by atoms with E-state index in [4.69, 9.17) is 0 Å². The molecule has 2 saturated carbocycles. The predicted molar refractivity (Wildman–Crippen MR) is 51.9 cm³/mol. The van der Waals surface area contributed by atoms with Gasteiger partial charge < -0.3 is 10.4 Å². The molecule has 3 fully saturated rings. The summed E-state index contributed by atoms with van der Waals surface area (Å²) >= 11 is 0. The van der Waals surface area contributed by atoms with Crippen LogP contribution in [0.3, 0.4) is 0 Å². The van der Waals surface area contributed by atoms with E-state index in [0.29, 0.717) is 5.92 Å². The fourth-order valence-corrected chi connectivity index (χ4v) is 4.48. The van der Waals surface area contributed by atoms with Crippen LogP contribution in [0.25, 0.3) is 0 Å². The smallest absolute Gasteiger partial charge is 0.324 e. The van der Waals surface area contributed by atoms with Gasteiger partial charge in [-0.3, -0.25) is 4.79 Å². The number of nitrogens with one attached hydrogen (secondary N) is 1. The van der Waals surface area contributed by atoms with Crippen molar-refractivity contribution in [1.29, 1.82) is 0 Å². The van der Waals surface area contributed by atoms with Crippen molar-refractivity contribution in [2.75, 3.05) is 6.54 Å². The van der Waals surface area contributed by atoms with Gasteiger partial charge in [0.1, 0.15) is 5.54 Å². The SMILES string of the molecule is C[C@@]12CC[C@@H]3C[C@@]1(C(=O)O)NC[C@@]32C. The number of carbonyl (C=O) groups is 1. The number of carboxylic acids is 1. The maximum absolute atomic E-state index is 11.5. The molecule has 1 aliphatic heterocycles. The highest BCUT2D eigenvalue weighted by Gasteiger charge is 2.77. The van der Waals surface area contributed by atoms with E-state index < -0.39 is 11.5 Å². The first-order valence-electron chi connectivity index (χ1n) is 5.45. The van der Waals surface area contributed by atoms with Gasteiger partial charge in [-0.1, -0.05) is 13.8 Å². The van der Waals surface area contributed by atoms with Crippen molar-refractivity contribution in [3.8, 4) is 0 Å². The summed E-state index contributed by atoms with van der Waals surface area (Å²) in [5.74, 6) is -0.00391. The van der Waals surface area contributed by atoms with Gasteiger partial charge in [-0.15, -0.1) is 0 Å². The van der Waals surface area contributed by atoms with Crippen molar-refractivity contribution < 1.29 is 9.90 Å². The molecule has 3 nitrogen and oxygen atoms in total. The van der Waals surface area contributed by atoms with Crippen LogP contribution in [0.2, 0.25) is 0 Å². The van der Waals surface area contributed by atoms with Crippen molar-refractivity contribution in [2.24, 2.45) is 16.7 Å². The van der Waals surface area contributed by atoms with Crippen LogP contribution in [-0.4, -0.2) is 23.2 Å². The molecule has 4 bridgehead atoms. The first-order chi connectivity index (χ1) is 6.46. The van der Waals surface area contributed by atoms with E-state index in [2.05, 4.69) is 19.2 Å². The number of aliphatic carboxylic acids is 1. The van der Waals surface area contributed by atoms with Gasteiger partial charge in [0.15, 0.2) is 0 Å². The maximum atomic E-state index is 11.5. The summed E-state index contributed by atoms with van der Waals surface area (Å²) < 4.78 is 0. The molecule has 3 rings (SSSR count). The lowest BCUT2D eigenvalue weighted by molar-refractivity contribution is -0.149. The molecular weight excluding hydrogens is 178 g/mol. The van der Waals surface area contributed by atoms with Gasteiger partial charge in [-0.05, 0) is 30.6 Å². The van der Waals surface area contributed by atoms with Crippen LogP contribution in [0.15, 0.2) is 0 Å². The molecular formula is C11H17NO2. The molecule has 0 aromatic carbocycles. The minimum Gasteiger partial charge on any atom is -0.480 e. The molecule has 2 aliphatic carbocycles. The van der Waals surface area contributed by atoms with Crippen LogP contribution in [0, 0.1) is 16.7 Å². The topological polar surface area (TPSA) is 49.3 Å². The molecule has 0 aromatic heterocycles. The fourth-order valence-electron chi connectivity index (χ4n) is 4.48. The molecule has 0 aromatic rings. The van der Waals surface area contributed by atoms with Gasteiger partial charge in [0.25, 0.3) is 0 Å². The van der Waals surface area contributed by atoms with Crippen LogP contribution in [0.1, 0.15) is 33.1 Å². The van der Waals surface area contributed by atoms with E-state index in [1.807, 2.05) is 0 Å². The molecule has 78 valence electrons. The van der Waals surface area contributed by atoms with E-state index in [0.717, 1.165) is 19.4 Å². The number of rotatable bonds is 1. The second-order valence-electron chi connectivity index (χ2n) is 5.75. The Kier molecular flexibility index (Phi) is 1.25. The zero-order chi connectivity index (χ0) is 10.2. The summed E-state index contributed by atoms with van der Waals surface area (Å²) in [5.41, 5.74) is -0.396. The third-order valence-corrected chi connectivity index (χ3v) is 5.77. The quantitative estimate of drug-likeness (QED) is 0.662. The molecule has 0 radical (unpaired) electrons. The van der Waals surface area contributed by atoms with Crippen LogP contribution < -0.4 is 5.32 Å². The predicted octanol–water partition coefficient (Wildman–Crippen LogP) is 1.24. The van der Waals surface area contributed by atoms with Crippen LogP contribution in [0.4, 0.5) is 0 Å². The average Bonchev–Trinajstić information content (AvgIpc) is 2.58. The van der Waals surface area contributed by atoms with E-state index in [1.54, 1.807) is 0 Å². The minimum atomic E-state index is -0.633. The normalized spacial score (nSPS) is 59.4. The highest BCUT2D eigenvalue weighted by atomic mass is 16.4. The molecule has 3 aliphatic rings. The van der Waals surface area contributed by atoms with Crippen molar-refractivity contribution in [3.05, 3.63) is 0 Å². The van der Waals surface area contributed by atoms with E-state index in [1.165, 1.54) is 6.42 Å². The Labute approximate surface area is 83.9 Å². The highest BCUT2D eigenvalue weighted by molar-refractivity contribution is 5.82. The average molecular weight is 195 g/mol. The summed E-state index contributed by atoms with van der Waals surface area (Å²) in [6, 6.07) is 0. The van der Waals surface area contributed by atoms with E-state index in [-0.39, 0.29) is 10.8 Å². The first-order valence-corrected chi connectivity index (χ1v) is 5.45. The zero-order valence-corrected chi connectivity index (χ0v) is 8.76. The Balaban J connectivity index is 2.18. The number of hydrogen-bond donors (Lipinski definition) is 2. The second kappa shape index (κ2) is 2.01. The zero-order valence-electron chi connectivity index (χ0n) is 8.76. The summed E-state index contributed by atoms with van der Waals surface area (Å²) in [6.45, 7) is 5.34. The molecule has 2 N–H and O–H groups in total. The lowest BCUT2D eigenvalue weighted by atomic mass is 9.66. The number of piperidine rings is 1. The Morgan fingerprint density at radius 1 is 1.50 bits per heavy atom. The molecule has 14 heavy (non-hydrogen) atoms. The van der Waals surface area contributed by atoms with Gasteiger partial charge in [-0.2, -0.15) is 0 Å². The molecule has 0 spiro atoms. The molecule has 1 heterocycles. The third kappa shape index (κ3) is 0.553. The van der Waals surface area contributed by atoms with Crippen molar-refractivity contribution >= 4 is 5.97 Å². The monoisotopic (exact) mass is 195 g/mol. The summed E-state index contributed by atoms with van der Waals surface area (Å²) in [6.07, 6.45) is 3.15. The lowest BCUT2D eigenvalue weighted by Gasteiger charge is -2.39. The largest absolute Gasteiger partial charge is 0.480 e. The lowest BCUT2D eigenvalue weighted by Crippen LogP contribution is -2.57. The van der Waals surface area contributed by atoms with Crippen molar-refractivity contribution in [3.63, 3.8) is 0 Å². The Morgan fingerprint density at radius 3 is 2.64 bits per heavy atom. The Hall–Kier alpha value is -0.570. The third-order valence-electron chi connectivity index (χ3n) is 5.77.